The van der Waals surface area contributed by atoms with Gasteiger partial charge in [0.1, 0.15) is 11.6 Å². The average molecular weight is 468 g/mol. The highest BCUT2D eigenvalue weighted by Crippen LogP contribution is 2.31. The molecule has 0 unspecified atom stereocenters. The molecule has 8 heteroatoms. The van der Waals surface area contributed by atoms with Crippen molar-refractivity contribution in [1.82, 2.24) is 19.4 Å². The van der Waals surface area contributed by atoms with Gasteiger partial charge in [0.2, 0.25) is 0 Å². The minimum absolute atomic E-state index is 0.259. The third kappa shape index (κ3) is 4.92. The van der Waals surface area contributed by atoms with E-state index < -0.39 is 11.7 Å². The van der Waals surface area contributed by atoms with Crippen molar-refractivity contribution in [2.45, 2.75) is 31.5 Å². The number of likely N-dealkylation sites (tertiary alicyclic amines) is 1. The molecule has 0 atom stereocenters. The van der Waals surface area contributed by atoms with E-state index in [0.29, 0.717) is 11.6 Å². The molecule has 1 aliphatic rings. The van der Waals surface area contributed by atoms with Crippen LogP contribution in [-0.2, 0) is 12.7 Å². The highest BCUT2D eigenvalue weighted by Gasteiger charge is 2.30. The summed E-state index contributed by atoms with van der Waals surface area (Å²) in [6.07, 6.45) is 3.29. The van der Waals surface area contributed by atoms with Gasteiger partial charge in [0.25, 0.3) is 0 Å². The fraction of sp³-hybridized carbons (Fsp3) is 0.269. The molecular weight excluding hydrogens is 444 g/mol. The third-order valence-electron chi connectivity index (χ3n) is 6.38. The normalized spacial score (nSPS) is 15.6. The molecule has 2 aromatic heterocycles. The third-order valence-corrected chi connectivity index (χ3v) is 6.38. The van der Waals surface area contributed by atoms with Gasteiger partial charge in [-0.05, 0) is 91.7 Å². The van der Waals surface area contributed by atoms with Gasteiger partial charge in [0, 0.05) is 30.5 Å². The molecule has 0 saturated carbocycles. The fourth-order valence-corrected chi connectivity index (χ4v) is 4.46. The largest absolute Gasteiger partial charge is 0.416 e. The van der Waals surface area contributed by atoms with Crippen LogP contribution in [0, 0.1) is 5.82 Å². The van der Waals surface area contributed by atoms with E-state index in [0.717, 1.165) is 67.3 Å². The molecule has 4 aromatic rings. The Morgan fingerprint density at radius 1 is 0.941 bits per heavy atom. The molecule has 0 aliphatic carbocycles. The van der Waals surface area contributed by atoms with E-state index in [1.54, 1.807) is 18.3 Å². The molecule has 1 fully saturated rings. The van der Waals surface area contributed by atoms with Crippen LogP contribution in [0.1, 0.15) is 35.7 Å². The first kappa shape index (κ1) is 22.4. The highest BCUT2D eigenvalue weighted by atomic mass is 19.4. The highest BCUT2D eigenvalue weighted by molar-refractivity contribution is 5.58. The van der Waals surface area contributed by atoms with Gasteiger partial charge in [-0.1, -0.05) is 0 Å². The number of piperidine rings is 1. The van der Waals surface area contributed by atoms with Crippen LogP contribution in [0.15, 0.2) is 73.2 Å². The summed E-state index contributed by atoms with van der Waals surface area (Å²) in [6.45, 7) is 2.66. The topological polar surface area (TPSA) is 36.9 Å². The summed E-state index contributed by atoms with van der Waals surface area (Å²) < 4.78 is 53.4. The lowest BCUT2D eigenvalue weighted by Crippen LogP contribution is -2.32. The summed E-state index contributed by atoms with van der Waals surface area (Å²) in [7, 11) is 0. The molecule has 0 spiro atoms. The number of hydrogen-bond donors (Lipinski definition) is 1. The zero-order valence-corrected chi connectivity index (χ0v) is 18.4. The Hall–Kier alpha value is -3.39. The zero-order valence-electron chi connectivity index (χ0n) is 18.4. The number of aromatic nitrogens is 3. The molecule has 3 heterocycles. The fourth-order valence-electron chi connectivity index (χ4n) is 4.46. The van der Waals surface area contributed by atoms with Crippen molar-refractivity contribution in [3.63, 3.8) is 0 Å². The quantitative estimate of drug-likeness (QED) is 0.344. The Balaban J connectivity index is 1.17. The Kier molecular flexibility index (Phi) is 6.00. The van der Waals surface area contributed by atoms with E-state index in [1.165, 1.54) is 24.3 Å². The van der Waals surface area contributed by atoms with Crippen LogP contribution < -0.4 is 0 Å². The maximum atomic E-state index is 13.2. The monoisotopic (exact) mass is 468 g/mol. The van der Waals surface area contributed by atoms with Gasteiger partial charge in [-0.15, -0.1) is 0 Å². The smallest absolute Gasteiger partial charge is 0.342 e. The van der Waals surface area contributed by atoms with E-state index in [1.807, 2.05) is 23.0 Å². The van der Waals surface area contributed by atoms with Gasteiger partial charge in [0.15, 0.2) is 0 Å². The van der Waals surface area contributed by atoms with Gasteiger partial charge < -0.3 is 9.55 Å². The first-order valence-corrected chi connectivity index (χ1v) is 11.2. The van der Waals surface area contributed by atoms with E-state index in [9.17, 15) is 17.6 Å². The van der Waals surface area contributed by atoms with Crippen molar-refractivity contribution in [3.8, 4) is 16.9 Å². The maximum absolute atomic E-state index is 13.2. The van der Waals surface area contributed by atoms with Crippen molar-refractivity contribution >= 4 is 0 Å². The molecule has 0 radical (unpaired) electrons. The number of imidazole rings is 1. The van der Waals surface area contributed by atoms with Gasteiger partial charge in [-0.2, -0.15) is 13.2 Å². The van der Waals surface area contributed by atoms with E-state index in [2.05, 4.69) is 14.9 Å². The molecule has 2 aromatic carbocycles. The minimum Gasteiger partial charge on any atom is -0.342 e. The Bertz CT molecular complexity index is 1230. The van der Waals surface area contributed by atoms with Crippen molar-refractivity contribution in [2.75, 3.05) is 13.1 Å². The minimum atomic E-state index is -4.33. The Morgan fingerprint density at radius 3 is 2.32 bits per heavy atom. The molecule has 1 aliphatic heterocycles. The second kappa shape index (κ2) is 9.10. The summed E-state index contributed by atoms with van der Waals surface area (Å²) >= 11 is 0. The van der Waals surface area contributed by atoms with E-state index in [-0.39, 0.29) is 5.82 Å². The number of nitrogens with one attached hydrogen (secondary N) is 1. The summed E-state index contributed by atoms with van der Waals surface area (Å²) in [6, 6.07) is 13.6. The maximum Gasteiger partial charge on any atom is 0.416 e. The van der Waals surface area contributed by atoms with Gasteiger partial charge in [0.05, 0.1) is 17.5 Å². The number of benzene rings is 2. The molecule has 176 valence electrons. The summed E-state index contributed by atoms with van der Waals surface area (Å²) in [5, 5.41) is 0. The summed E-state index contributed by atoms with van der Waals surface area (Å²) in [5.74, 6) is 1.06. The van der Waals surface area contributed by atoms with Crippen LogP contribution in [0.25, 0.3) is 16.9 Å². The van der Waals surface area contributed by atoms with Crippen LogP contribution in [0.5, 0.6) is 0 Å². The van der Waals surface area contributed by atoms with Crippen molar-refractivity contribution in [3.05, 3.63) is 96.0 Å². The van der Waals surface area contributed by atoms with E-state index in [4.69, 9.17) is 0 Å². The van der Waals surface area contributed by atoms with Gasteiger partial charge in [-0.25, -0.2) is 9.37 Å². The standard InChI is InChI=1S/C26H24F4N4/c27-22-5-1-19(2-6-22)24-15-31-25(32-24)20-10-12-33(13-11-20)16-18-9-14-34(17-18)23-7-3-21(4-8-23)26(28,29)30/h1-9,14-15,17,20H,10-13,16H2,(H,31,32). The predicted octanol–water partition coefficient (Wildman–Crippen LogP) is 6.40. The van der Waals surface area contributed by atoms with Crippen molar-refractivity contribution < 1.29 is 17.6 Å². The molecule has 0 bridgehead atoms. The summed E-state index contributed by atoms with van der Waals surface area (Å²) in [4.78, 5) is 10.3. The molecule has 4 nitrogen and oxygen atoms in total. The molecule has 1 saturated heterocycles. The van der Waals surface area contributed by atoms with Crippen LogP contribution in [-0.4, -0.2) is 32.5 Å². The van der Waals surface area contributed by atoms with Crippen LogP contribution in [0.2, 0.25) is 0 Å². The predicted molar refractivity (Wildman–Crippen MR) is 122 cm³/mol. The zero-order chi connectivity index (χ0) is 23.7. The van der Waals surface area contributed by atoms with Crippen molar-refractivity contribution in [1.29, 1.82) is 0 Å². The number of hydrogen-bond acceptors (Lipinski definition) is 2. The first-order chi connectivity index (χ1) is 16.3. The van der Waals surface area contributed by atoms with Crippen LogP contribution >= 0.6 is 0 Å². The lowest BCUT2D eigenvalue weighted by Gasteiger charge is -2.30. The number of aromatic amines is 1. The molecule has 1 N–H and O–H groups in total. The van der Waals surface area contributed by atoms with E-state index >= 15 is 0 Å². The molecular formula is C26H24F4N4. The number of rotatable bonds is 5. The Labute approximate surface area is 194 Å². The lowest BCUT2D eigenvalue weighted by atomic mass is 9.96. The SMILES string of the molecule is Fc1ccc(-c2cnc(C3CCN(Cc4ccn(-c5ccc(C(F)(F)F)cc5)c4)CC3)[nH]2)cc1. The second-order valence-corrected chi connectivity index (χ2v) is 8.71. The number of halogens is 4. The average Bonchev–Trinajstić information content (AvgIpc) is 3.50. The lowest BCUT2D eigenvalue weighted by molar-refractivity contribution is -0.137. The van der Waals surface area contributed by atoms with Gasteiger partial charge >= 0.3 is 6.18 Å². The van der Waals surface area contributed by atoms with Gasteiger partial charge in [-0.3, -0.25) is 4.90 Å². The summed E-state index contributed by atoms with van der Waals surface area (Å²) in [5.41, 5.74) is 2.98. The van der Waals surface area contributed by atoms with Crippen LogP contribution in [0.3, 0.4) is 0 Å². The number of nitrogens with zero attached hydrogens (tertiary/aromatic N) is 3. The molecule has 0 amide bonds. The van der Waals surface area contributed by atoms with Crippen LogP contribution in [0.4, 0.5) is 17.6 Å². The van der Waals surface area contributed by atoms with Crippen molar-refractivity contribution in [2.24, 2.45) is 0 Å². The molecule has 5 rings (SSSR count). The number of H-pyrrole nitrogens is 1. The number of alkyl halides is 3. The molecule has 34 heavy (non-hydrogen) atoms. The Morgan fingerprint density at radius 2 is 1.65 bits per heavy atom. The first-order valence-electron chi connectivity index (χ1n) is 11.2. The second-order valence-electron chi connectivity index (χ2n) is 8.71.